The van der Waals surface area contributed by atoms with Crippen molar-refractivity contribution in [2.45, 2.75) is 13.8 Å². The summed E-state index contributed by atoms with van der Waals surface area (Å²) < 4.78 is 1.26. The van der Waals surface area contributed by atoms with Gasteiger partial charge in [-0.1, -0.05) is 47.2 Å². The SMILES string of the molecule is Cc1ccc(C)c2sc(N3CCN(C(=O)c4ccccc4Cl)CC3)nc12. The van der Waals surface area contributed by atoms with Crippen LogP contribution in [0.1, 0.15) is 21.5 Å². The molecule has 1 aliphatic heterocycles. The van der Waals surface area contributed by atoms with Crippen molar-refractivity contribution in [1.29, 1.82) is 0 Å². The van der Waals surface area contributed by atoms with Crippen LogP contribution in [0.5, 0.6) is 0 Å². The number of carbonyl (C=O) groups excluding carboxylic acids is 1. The monoisotopic (exact) mass is 385 g/mol. The lowest BCUT2D eigenvalue weighted by atomic mass is 10.1. The number of benzene rings is 2. The first-order valence-electron chi connectivity index (χ1n) is 8.70. The Balaban J connectivity index is 1.50. The third-order valence-corrected chi connectivity index (χ3v) is 6.45. The molecular weight excluding hydrogens is 366 g/mol. The summed E-state index contributed by atoms with van der Waals surface area (Å²) in [6, 6.07) is 11.5. The highest BCUT2D eigenvalue weighted by Crippen LogP contribution is 2.33. The molecule has 1 aromatic heterocycles. The van der Waals surface area contributed by atoms with Gasteiger partial charge in [-0.15, -0.1) is 0 Å². The minimum atomic E-state index is 0.00578. The molecule has 0 saturated carbocycles. The number of amides is 1. The molecule has 1 amide bonds. The Kier molecular flexibility index (Phi) is 4.59. The Hall–Kier alpha value is -2.11. The second-order valence-corrected chi connectivity index (χ2v) is 8.02. The van der Waals surface area contributed by atoms with Crippen molar-refractivity contribution >= 4 is 44.2 Å². The number of fused-ring (bicyclic) bond motifs is 1. The maximum Gasteiger partial charge on any atom is 0.255 e. The number of thiazole rings is 1. The van der Waals surface area contributed by atoms with Gasteiger partial charge in [0.05, 0.1) is 20.8 Å². The number of aromatic nitrogens is 1. The molecule has 0 aliphatic carbocycles. The topological polar surface area (TPSA) is 36.4 Å². The van der Waals surface area contributed by atoms with Gasteiger partial charge in [-0.2, -0.15) is 0 Å². The van der Waals surface area contributed by atoms with Crippen LogP contribution in [0.4, 0.5) is 5.13 Å². The molecule has 1 aliphatic rings. The summed E-state index contributed by atoms with van der Waals surface area (Å²) in [6.45, 7) is 7.16. The molecule has 26 heavy (non-hydrogen) atoms. The van der Waals surface area contributed by atoms with Crippen LogP contribution in [-0.4, -0.2) is 42.0 Å². The molecule has 0 N–H and O–H groups in total. The van der Waals surface area contributed by atoms with Crippen LogP contribution in [0.2, 0.25) is 5.02 Å². The van der Waals surface area contributed by atoms with E-state index in [4.69, 9.17) is 16.6 Å². The molecule has 2 heterocycles. The van der Waals surface area contributed by atoms with Gasteiger partial charge in [-0.05, 0) is 37.1 Å². The van der Waals surface area contributed by atoms with Crippen molar-refractivity contribution < 1.29 is 4.79 Å². The Labute approximate surface area is 162 Å². The number of anilines is 1. The second kappa shape index (κ2) is 6.89. The zero-order valence-electron chi connectivity index (χ0n) is 14.8. The molecule has 4 rings (SSSR count). The zero-order valence-corrected chi connectivity index (χ0v) is 16.4. The van der Waals surface area contributed by atoms with Crippen molar-refractivity contribution in [3.8, 4) is 0 Å². The molecule has 1 fully saturated rings. The molecule has 0 bridgehead atoms. The van der Waals surface area contributed by atoms with Gasteiger partial charge in [0.15, 0.2) is 5.13 Å². The number of piperazine rings is 1. The smallest absolute Gasteiger partial charge is 0.255 e. The average molecular weight is 386 g/mol. The molecule has 0 radical (unpaired) electrons. The first-order chi connectivity index (χ1) is 12.5. The van der Waals surface area contributed by atoms with E-state index in [-0.39, 0.29) is 5.91 Å². The number of hydrogen-bond donors (Lipinski definition) is 0. The summed E-state index contributed by atoms with van der Waals surface area (Å²) in [4.78, 5) is 21.7. The second-order valence-electron chi connectivity index (χ2n) is 6.63. The van der Waals surface area contributed by atoms with Gasteiger partial charge < -0.3 is 9.80 Å². The summed E-state index contributed by atoms with van der Waals surface area (Å²) >= 11 is 7.91. The van der Waals surface area contributed by atoms with Crippen LogP contribution < -0.4 is 4.90 Å². The minimum absolute atomic E-state index is 0.00578. The summed E-state index contributed by atoms with van der Waals surface area (Å²) in [6.07, 6.45) is 0. The fourth-order valence-corrected chi connectivity index (χ4v) is 4.67. The highest BCUT2D eigenvalue weighted by molar-refractivity contribution is 7.22. The fourth-order valence-electron chi connectivity index (χ4n) is 3.29. The van der Waals surface area contributed by atoms with Crippen molar-refractivity contribution in [1.82, 2.24) is 9.88 Å². The first-order valence-corrected chi connectivity index (χ1v) is 9.89. The normalized spacial score (nSPS) is 14.9. The number of rotatable bonds is 2. The van der Waals surface area contributed by atoms with Crippen LogP contribution in [-0.2, 0) is 0 Å². The van der Waals surface area contributed by atoms with Gasteiger partial charge >= 0.3 is 0 Å². The first kappa shape index (κ1) is 17.3. The molecule has 6 heteroatoms. The van der Waals surface area contributed by atoms with E-state index in [9.17, 15) is 4.79 Å². The Bertz CT molecular complexity index is 937. The van der Waals surface area contributed by atoms with Gasteiger partial charge in [0.2, 0.25) is 0 Å². The van der Waals surface area contributed by atoms with Gasteiger partial charge in [0.25, 0.3) is 5.91 Å². The lowest BCUT2D eigenvalue weighted by Gasteiger charge is -2.34. The van der Waals surface area contributed by atoms with Crippen LogP contribution >= 0.6 is 22.9 Å². The summed E-state index contributed by atoms with van der Waals surface area (Å²) in [5, 5.41) is 1.55. The van der Waals surface area contributed by atoms with Crippen molar-refractivity contribution in [2.75, 3.05) is 31.1 Å². The Morgan fingerprint density at radius 2 is 1.73 bits per heavy atom. The van der Waals surface area contributed by atoms with Crippen molar-refractivity contribution in [3.05, 3.63) is 58.1 Å². The summed E-state index contributed by atoms with van der Waals surface area (Å²) in [7, 11) is 0. The molecule has 3 aromatic rings. The summed E-state index contributed by atoms with van der Waals surface area (Å²) in [5.74, 6) is 0.00578. The van der Waals surface area contributed by atoms with E-state index in [1.54, 1.807) is 23.5 Å². The number of hydrogen-bond acceptors (Lipinski definition) is 4. The number of nitrogens with zero attached hydrogens (tertiary/aromatic N) is 3. The lowest BCUT2D eigenvalue weighted by Crippen LogP contribution is -2.48. The molecule has 2 aromatic carbocycles. The van der Waals surface area contributed by atoms with E-state index in [1.807, 2.05) is 17.0 Å². The predicted molar refractivity (Wildman–Crippen MR) is 109 cm³/mol. The highest BCUT2D eigenvalue weighted by Gasteiger charge is 2.25. The van der Waals surface area contributed by atoms with Gasteiger partial charge in [-0.3, -0.25) is 4.79 Å². The number of carbonyl (C=O) groups is 1. The quantitative estimate of drug-likeness (QED) is 0.650. The van der Waals surface area contributed by atoms with Crippen LogP contribution in [0, 0.1) is 13.8 Å². The number of aryl methyl sites for hydroxylation is 2. The largest absolute Gasteiger partial charge is 0.345 e. The standard InChI is InChI=1S/C20H20ClN3OS/c1-13-7-8-14(2)18-17(13)22-20(26-18)24-11-9-23(10-12-24)19(25)15-5-3-4-6-16(15)21/h3-8H,9-12H2,1-2H3. The Morgan fingerprint density at radius 3 is 2.42 bits per heavy atom. The molecule has 0 spiro atoms. The molecule has 0 unspecified atom stereocenters. The van der Waals surface area contributed by atoms with Crippen LogP contribution in [0.3, 0.4) is 0 Å². The molecule has 134 valence electrons. The van der Waals surface area contributed by atoms with Gasteiger partial charge in [-0.25, -0.2) is 4.98 Å². The van der Waals surface area contributed by atoms with Crippen molar-refractivity contribution in [2.24, 2.45) is 0 Å². The minimum Gasteiger partial charge on any atom is -0.345 e. The van der Waals surface area contributed by atoms with Crippen LogP contribution in [0.25, 0.3) is 10.2 Å². The van der Waals surface area contributed by atoms with Crippen LogP contribution in [0.15, 0.2) is 36.4 Å². The number of halogens is 1. The molecule has 4 nitrogen and oxygen atoms in total. The van der Waals surface area contributed by atoms with E-state index in [0.717, 1.165) is 23.7 Å². The lowest BCUT2D eigenvalue weighted by molar-refractivity contribution is 0.0747. The molecule has 0 atom stereocenters. The third kappa shape index (κ3) is 3.06. The third-order valence-electron chi connectivity index (χ3n) is 4.87. The molecular formula is C20H20ClN3OS. The maximum absolute atomic E-state index is 12.7. The van der Waals surface area contributed by atoms with E-state index in [1.165, 1.54) is 15.8 Å². The van der Waals surface area contributed by atoms with E-state index in [2.05, 4.69) is 30.9 Å². The van der Waals surface area contributed by atoms with Crippen molar-refractivity contribution in [3.63, 3.8) is 0 Å². The molecule has 1 saturated heterocycles. The van der Waals surface area contributed by atoms with E-state index in [0.29, 0.717) is 23.7 Å². The predicted octanol–water partition coefficient (Wildman–Crippen LogP) is 4.53. The van der Waals surface area contributed by atoms with E-state index >= 15 is 0 Å². The highest BCUT2D eigenvalue weighted by atomic mass is 35.5. The summed E-state index contributed by atoms with van der Waals surface area (Å²) in [5.41, 5.74) is 4.15. The van der Waals surface area contributed by atoms with E-state index < -0.39 is 0 Å². The zero-order chi connectivity index (χ0) is 18.3. The Morgan fingerprint density at radius 1 is 1.04 bits per heavy atom. The van der Waals surface area contributed by atoms with Gasteiger partial charge in [0.1, 0.15) is 0 Å². The average Bonchev–Trinajstić information content (AvgIpc) is 3.12. The van der Waals surface area contributed by atoms with Gasteiger partial charge in [0, 0.05) is 26.2 Å². The maximum atomic E-state index is 12.7. The fraction of sp³-hybridized carbons (Fsp3) is 0.300.